The minimum Gasteiger partial charge on any atom is -0.466 e. The van der Waals surface area contributed by atoms with Crippen LogP contribution in [0.15, 0.2) is 18.3 Å². The van der Waals surface area contributed by atoms with Gasteiger partial charge in [0, 0.05) is 19.6 Å². The first-order valence-electron chi connectivity index (χ1n) is 6.90. The molecule has 2 heterocycles. The van der Waals surface area contributed by atoms with Crippen molar-refractivity contribution in [1.29, 1.82) is 0 Å². The summed E-state index contributed by atoms with van der Waals surface area (Å²) >= 11 is 0. The molecule has 0 bridgehead atoms. The van der Waals surface area contributed by atoms with Crippen LogP contribution in [-0.4, -0.2) is 37.2 Å². The number of rotatable bonds is 6. The summed E-state index contributed by atoms with van der Waals surface area (Å²) in [5.41, 5.74) is 0.937. The normalized spacial score (nSPS) is 14.5. The van der Waals surface area contributed by atoms with Crippen LogP contribution in [0.4, 0.5) is 11.5 Å². The van der Waals surface area contributed by atoms with E-state index in [1.54, 1.807) is 0 Å². The molecule has 0 spiro atoms. The fraction of sp³-hybridized carbons (Fsp3) is 0.571. The first-order chi connectivity index (χ1) is 9.29. The highest BCUT2D eigenvalue weighted by Gasteiger charge is 2.12. The number of pyridine rings is 1. The summed E-state index contributed by atoms with van der Waals surface area (Å²) in [6, 6.07) is 4.03. The summed E-state index contributed by atoms with van der Waals surface area (Å²) in [5.74, 6) is 0.866. The standard InChI is InChI=1S/C14H21N3O2/c1-2-19-14(18)7-8-15-12-5-6-13(16-11-12)17-9-3-4-10-17/h5-6,11,15H,2-4,7-10H2,1H3. The molecule has 1 aromatic heterocycles. The first kappa shape index (κ1) is 13.6. The second-order valence-electron chi connectivity index (χ2n) is 4.58. The molecule has 0 aromatic carbocycles. The van der Waals surface area contributed by atoms with E-state index in [4.69, 9.17) is 4.74 Å². The van der Waals surface area contributed by atoms with Crippen molar-refractivity contribution >= 4 is 17.5 Å². The number of nitrogens with zero attached hydrogens (tertiary/aromatic N) is 2. The Labute approximate surface area is 114 Å². The van der Waals surface area contributed by atoms with Crippen LogP contribution >= 0.6 is 0 Å². The zero-order valence-electron chi connectivity index (χ0n) is 11.4. The van der Waals surface area contributed by atoms with Crippen LogP contribution in [0.5, 0.6) is 0 Å². The molecule has 0 radical (unpaired) electrons. The quantitative estimate of drug-likeness (QED) is 0.796. The van der Waals surface area contributed by atoms with Crippen LogP contribution < -0.4 is 10.2 Å². The van der Waals surface area contributed by atoms with Gasteiger partial charge in [-0.15, -0.1) is 0 Å². The van der Waals surface area contributed by atoms with E-state index in [1.165, 1.54) is 12.8 Å². The van der Waals surface area contributed by atoms with Gasteiger partial charge < -0.3 is 15.0 Å². The molecule has 5 nitrogen and oxygen atoms in total. The molecule has 19 heavy (non-hydrogen) atoms. The minimum atomic E-state index is -0.170. The van der Waals surface area contributed by atoms with E-state index < -0.39 is 0 Å². The van der Waals surface area contributed by atoms with Crippen LogP contribution in [0.1, 0.15) is 26.2 Å². The third-order valence-corrected chi connectivity index (χ3v) is 3.14. The molecule has 2 rings (SSSR count). The van der Waals surface area contributed by atoms with Crippen molar-refractivity contribution in [1.82, 2.24) is 4.98 Å². The van der Waals surface area contributed by atoms with E-state index in [1.807, 2.05) is 25.3 Å². The molecule has 0 unspecified atom stereocenters. The van der Waals surface area contributed by atoms with Gasteiger partial charge in [0.25, 0.3) is 0 Å². The average molecular weight is 263 g/mol. The number of carbonyl (C=O) groups is 1. The third kappa shape index (κ3) is 4.12. The lowest BCUT2D eigenvalue weighted by Gasteiger charge is -2.16. The number of hydrogen-bond acceptors (Lipinski definition) is 5. The Morgan fingerprint density at radius 3 is 2.84 bits per heavy atom. The van der Waals surface area contributed by atoms with Crippen LogP contribution in [0.3, 0.4) is 0 Å². The maximum Gasteiger partial charge on any atom is 0.307 e. The Morgan fingerprint density at radius 2 is 2.21 bits per heavy atom. The fourth-order valence-electron chi connectivity index (χ4n) is 2.17. The maximum atomic E-state index is 11.2. The summed E-state index contributed by atoms with van der Waals surface area (Å²) in [4.78, 5) is 17.9. The molecule has 0 atom stereocenters. The summed E-state index contributed by atoms with van der Waals surface area (Å²) in [6.45, 7) is 5.02. The zero-order valence-corrected chi connectivity index (χ0v) is 11.4. The number of aromatic nitrogens is 1. The van der Waals surface area contributed by atoms with Gasteiger partial charge in [-0.2, -0.15) is 0 Å². The molecule has 1 saturated heterocycles. The SMILES string of the molecule is CCOC(=O)CCNc1ccc(N2CCCC2)nc1. The number of ether oxygens (including phenoxy) is 1. The van der Waals surface area contributed by atoms with Crippen LogP contribution in [0.2, 0.25) is 0 Å². The lowest BCUT2D eigenvalue weighted by atomic mass is 10.3. The summed E-state index contributed by atoms with van der Waals surface area (Å²) in [6.07, 6.45) is 4.70. The first-order valence-corrected chi connectivity index (χ1v) is 6.90. The van der Waals surface area contributed by atoms with Gasteiger partial charge in [0.1, 0.15) is 5.82 Å². The molecule has 1 fully saturated rings. The Hall–Kier alpha value is -1.78. The average Bonchev–Trinajstić information content (AvgIpc) is 2.94. The Kier molecular flexibility index (Phi) is 5.01. The van der Waals surface area contributed by atoms with Gasteiger partial charge in [-0.25, -0.2) is 4.98 Å². The van der Waals surface area contributed by atoms with Gasteiger partial charge in [0.05, 0.1) is 24.9 Å². The second kappa shape index (κ2) is 6.97. The number of esters is 1. The molecule has 1 aliphatic heterocycles. The number of nitrogens with one attached hydrogen (secondary N) is 1. The lowest BCUT2D eigenvalue weighted by molar-refractivity contribution is -0.142. The monoisotopic (exact) mass is 263 g/mol. The molecular weight excluding hydrogens is 242 g/mol. The van der Waals surface area contributed by atoms with E-state index in [0.29, 0.717) is 19.6 Å². The predicted molar refractivity (Wildman–Crippen MR) is 75.4 cm³/mol. The number of hydrogen-bond donors (Lipinski definition) is 1. The van der Waals surface area contributed by atoms with E-state index in [0.717, 1.165) is 24.6 Å². The second-order valence-corrected chi connectivity index (χ2v) is 4.58. The molecule has 0 amide bonds. The predicted octanol–water partition coefficient (Wildman–Crippen LogP) is 2.05. The van der Waals surface area contributed by atoms with Crippen molar-refractivity contribution in [2.24, 2.45) is 0 Å². The van der Waals surface area contributed by atoms with Crippen molar-refractivity contribution in [3.63, 3.8) is 0 Å². The number of anilines is 2. The van der Waals surface area contributed by atoms with Crippen molar-refractivity contribution in [3.8, 4) is 0 Å². The van der Waals surface area contributed by atoms with E-state index in [-0.39, 0.29) is 5.97 Å². The summed E-state index contributed by atoms with van der Waals surface area (Å²) < 4.78 is 4.87. The van der Waals surface area contributed by atoms with Crippen LogP contribution in [-0.2, 0) is 9.53 Å². The highest BCUT2D eigenvalue weighted by atomic mass is 16.5. The van der Waals surface area contributed by atoms with Crippen LogP contribution in [0, 0.1) is 0 Å². The largest absolute Gasteiger partial charge is 0.466 e. The van der Waals surface area contributed by atoms with Crippen molar-refractivity contribution in [3.05, 3.63) is 18.3 Å². The Bertz CT molecular complexity index is 400. The molecule has 5 heteroatoms. The van der Waals surface area contributed by atoms with E-state index in [9.17, 15) is 4.79 Å². The highest BCUT2D eigenvalue weighted by Crippen LogP contribution is 2.18. The molecule has 1 aromatic rings. The number of carbonyl (C=O) groups excluding carboxylic acids is 1. The molecular formula is C14H21N3O2. The smallest absolute Gasteiger partial charge is 0.307 e. The van der Waals surface area contributed by atoms with Gasteiger partial charge in [-0.05, 0) is 31.9 Å². The van der Waals surface area contributed by atoms with Gasteiger partial charge >= 0.3 is 5.97 Å². The molecule has 0 aliphatic carbocycles. The van der Waals surface area contributed by atoms with Gasteiger partial charge in [-0.3, -0.25) is 4.79 Å². The van der Waals surface area contributed by atoms with Gasteiger partial charge in [0.2, 0.25) is 0 Å². The highest BCUT2D eigenvalue weighted by molar-refractivity contribution is 5.70. The summed E-state index contributed by atoms with van der Waals surface area (Å²) in [7, 11) is 0. The van der Waals surface area contributed by atoms with Gasteiger partial charge in [-0.1, -0.05) is 0 Å². The lowest BCUT2D eigenvalue weighted by Crippen LogP contribution is -2.18. The van der Waals surface area contributed by atoms with Crippen molar-refractivity contribution in [2.45, 2.75) is 26.2 Å². The molecule has 0 saturated carbocycles. The molecule has 1 N–H and O–H groups in total. The maximum absolute atomic E-state index is 11.2. The van der Waals surface area contributed by atoms with Crippen molar-refractivity contribution < 1.29 is 9.53 Å². The Balaban J connectivity index is 1.77. The zero-order chi connectivity index (χ0) is 13.5. The van der Waals surface area contributed by atoms with Crippen molar-refractivity contribution in [2.75, 3.05) is 36.5 Å². The van der Waals surface area contributed by atoms with E-state index >= 15 is 0 Å². The fourth-order valence-corrected chi connectivity index (χ4v) is 2.17. The van der Waals surface area contributed by atoms with E-state index in [2.05, 4.69) is 15.2 Å². The van der Waals surface area contributed by atoms with Crippen LogP contribution in [0.25, 0.3) is 0 Å². The molecule has 1 aliphatic rings. The minimum absolute atomic E-state index is 0.170. The Morgan fingerprint density at radius 1 is 1.42 bits per heavy atom. The summed E-state index contributed by atoms with van der Waals surface area (Å²) in [5, 5.41) is 3.17. The topological polar surface area (TPSA) is 54.5 Å². The molecule has 104 valence electrons. The van der Waals surface area contributed by atoms with Gasteiger partial charge in [0.15, 0.2) is 0 Å². The third-order valence-electron chi connectivity index (χ3n) is 3.14.